The lowest BCUT2D eigenvalue weighted by atomic mass is 9.99. The van der Waals surface area contributed by atoms with Crippen LogP contribution < -0.4 is 11.5 Å². The summed E-state index contributed by atoms with van der Waals surface area (Å²) >= 11 is 1.49. The van der Waals surface area contributed by atoms with Crippen molar-refractivity contribution in [2.75, 3.05) is 25.7 Å². The molecule has 0 fully saturated rings. The largest absolute Gasteiger partial charge is 0.465 e. The van der Waals surface area contributed by atoms with Gasteiger partial charge >= 0.3 is 24.3 Å². The van der Waals surface area contributed by atoms with Gasteiger partial charge in [0.15, 0.2) is 0 Å². The van der Waals surface area contributed by atoms with E-state index < -0.39 is 35.4 Å². The van der Waals surface area contributed by atoms with E-state index in [1.807, 2.05) is 0 Å². The third-order valence-electron chi connectivity index (χ3n) is 4.59. The van der Waals surface area contributed by atoms with Crippen molar-refractivity contribution in [1.29, 1.82) is 0 Å². The Kier molecular flexibility index (Phi) is 9.29. The van der Waals surface area contributed by atoms with E-state index >= 15 is 0 Å². The lowest BCUT2D eigenvalue weighted by Crippen LogP contribution is -2.13. The van der Waals surface area contributed by atoms with Gasteiger partial charge in [0.05, 0.1) is 48.4 Å². The van der Waals surface area contributed by atoms with Crippen LogP contribution in [0.4, 0.5) is 37.7 Å². The normalized spacial score (nSPS) is 11.3. The molecule has 4 N–H and O–H groups in total. The number of benzene rings is 2. The molecule has 1 aromatic heterocycles. The highest BCUT2D eigenvalue weighted by molar-refractivity contribution is 14.1. The number of carbonyl (C=O) groups excluding carboxylic acids is 2. The van der Waals surface area contributed by atoms with Crippen molar-refractivity contribution in [3.8, 4) is 11.3 Å². The molecule has 0 bridgehead atoms. The van der Waals surface area contributed by atoms with Crippen LogP contribution in [-0.4, -0.2) is 36.1 Å². The first kappa shape index (κ1) is 29.6. The van der Waals surface area contributed by atoms with Gasteiger partial charge in [-0.1, -0.05) is 0 Å². The van der Waals surface area contributed by atoms with E-state index in [1.165, 1.54) is 41.2 Å². The Labute approximate surface area is 219 Å². The smallest absolute Gasteiger partial charge is 0.417 e. The van der Waals surface area contributed by atoms with Gasteiger partial charge in [-0.05, 0) is 46.9 Å². The Morgan fingerprint density at radius 2 is 1.30 bits per heavy atom. The molecule has 2 aromatic carbocycles. The van der Waals surface area contributed by atoms with Gasteiger partial charge in [-0.2, -0.15) is 26.3 Å². The van der Waals surface area contributed by atoms with Crippen molar-refractivity contribution in [2.45, 2.75) is 12.4 Å². The van der Waals surface area contributed by atoms with E-state index in [2.05, 4.69) is 19.4 Å². The number of nitrogen functional groups attached to an aromatic ring is 2. The molecule has 0 aliphatic rings. The second-order valence-electron chi connectivity index (χ2n) is 6.97. The van der Waals surface area contributed by atoms with Gasteiger partial charge < -0.3 is 20.9 Å². The molecule has 0 radical (unpaired) electrons. The summed E-state index contributed by atoms with van der Waals surface area (Å²) in [5.41, 5.74) is 7.90. The highest BCUT2D eigenvalue weighted by Crippen LogP contribution is 2.39. The van der Waals surface area contributed by atoms with Crippen LogP contribution in [0.1, 0.15) is 31.8 Å². The Morgan fingerprint density at radius 1 is 0.811 bits per heavy atom. The molecule has 0 aliphatic carbocycles. The number of halogens is 7. The van der Waals surface area contributed by atoms with Gasteiger partial charge in [0, 0.05) is 32.9 Å². The fourth-order valence-electron chi connectivity index (χ4n) is 2.88. The summed E-state index contributed by atoms with van der Waals surface area (Å²) < 4.78 is 85.5. The Hall–Kier alpha value is -3.63. The number of nitrogens with two attached hydrogens (primary N) is 2. The highest BCUT2D eigenvalue weighted by Gasteiger charge is 2.36. The minimum atomic E-state index is -4.64. The molecule has 0 unspecified atom stereocenters. The van der Waals surface area contributed by atoms with Crippen LogP contribution in [0, 0.1) is 3.57 Å². The zero-order chi connectivity index (χ0) is 28.1. The maximum atomic E-state index is 13.1. The van der Waals surface area contributed by atoms with Crippen molar-refractivity contribution >= 4 is 45.9 Å². The van der Waals surface area contributed by atoms with E-state index in [0.29, 0.717) is 6.07 Å². The third-order valence-corrected chi connectivity index (χ3v) is 5.48. The zero-order valence-electron chi connectivity index (χ0n) is 18.9. The number of nitrogens with zero attached hydrogens (tertiary/aromatic N) is 2. The number of alkyl halides is 6. The minimum absolute atomic E-state index is 0.0185. The lowest BCUT2D eigenvalue weighted by Gasteiger charge is -2.15. The fourth-order valence-corrected chi connectivity index (χ4v) is 3.65. The molecule has 0 saturated heterocycles. The van der Waals surface area contributed by atoms with Crippen LogP contribution in [0.3, 0.4) is 0 Å². The van der Waals surface area contributed by atoms with Crippen molar-refractivity contribution in [3.05, 3.63) is 68.7 Å². The molecule has 0 aliphatic heterocycles. The van der Waals surface area contributed by atoms with Crippen LogP contribution >= 0.6 is 22.6 Å². The first-order chi connectivity index (χ1) is 17.1. The highest BCUT2D eigenvalue weighted by atomic mass is 127. The minimum Gasteiger partial charge on any atom is -0.465 e. The summed E-state index contributed by atoms with van der Waals surface area (Å²) in [6.07, 6.45) is -5.38. The molecule has 198 valence electrons. The quantitative estimate of drug-likeness (QED) is 0.173. The number of anilines is 2. The zero-order valence-corrected chi connectivity index (χ0v) is 21.0. The molecule has 15 heteroatoms. The van der Waals surface area contributed by atoms with Crippen molar-refractivity contribution in [1.82, 2.24) is 9.97 Å². The lowest BCUT2D eigenvalue weighted by molar-refractivity contribution is -0.138. The number of aromatic nitrogens is 2. The van der Waals surface area contributed by atoms with Gasteiger partial charge in [-0.3, -0.25) is 9.97 Å². The average molecular weight is 642 g/mol. The SMILES string of the molecule is COC(=O)c1cc(-c2cnccn2)c(C(F)(F)F)cc1N.COC(=O)c1cc(I)c(C(F)(F)F)cc1N. The molecule has 0 amide bonds. The monoisotopic (exact) mass is 642 g/mol. The Bertz CT molecular complexity index is 1300. The number of hydrogen-bond acceptors (Lipinski definition) is 8. The van der Waals surface area contributed by atoms with Crippen LogP contribution in [0.15, 0.2) is 42.9 Å². The predicted octanol–water partition coefficient (Wildman–Crippen LogP) is 5.21. The van der Waals surface area contributed by atoms with Crippen LogP contribution in [0.2, 0.25) is 0 Å². The summed E-state index contributed by atoms with van der Waals surface area (Å²) in [5, 5.41) is 0. The number of methoxy groups -OCH3 is 2. The van der Waals surface area contributed by atoms with Gasteiger partial charge in [0.1, 0.15) is 0 Å². The van der Waals surface area contributed by atoms with Crippen LogP contribution in [-0.2, 0) is 21.8 Å². The van der Waals surface area contributed by atoms with Crippen molar-refractivity contribution in [2.24, 2.45) is 0 Å². The second kappa shape index (κ2) is 11.6. The fraction of sp³-hybridized carbons (Fsp3) is 0.182. The standard InChI is InChI=1S/C13H10F3N3O2.C9H7F3INO2/c1-21-12(20)8-4-7(11-6-18-2-3-19-11)9(5-10(8)17)13(14,15)16;1-16-8(15)4-2-6(13)5(3-7(4)14)9(10,11)12/h2-6H,17H2,1H3;2-3H,14H2,1H3. The maximum Gasteiger partial charge on any atom is 0.417 e. The van der Waals surface area contributed by atoms with E-state index in [0.717, 1.165) is 32.4 Å². The summed E-state index contributed by atoms with van der Waals surface area (Å²) in [4.78, 5) is 30.3. The van der Waals surface area contributed by atoms with Gasteiger partial charge in [0.2, 0.25) is 0 Å². The third kappa shape index (κ3) is 7.21. The van der Waals surface area contributed by atoms with Gasteiger partial charge in [-0.25, -0.2) is 9.59 Å². The summed E-state index contributed by atoms with van der Waals surface area (Å²) in [7, 11) is 2.24. The van der Waals surface area contributed by atoms with Crippen LogP contribution in [0.5, 0.6) is 0 Å². The summed E-state index contributed by atoms with van der Waals surface area (Å²) in [6.45, 7) is 0. The molecule has 3 aromatic rings. The molecule has 0 spiro atoms. The molecule has 3 rings (SSSR count). The van der Waals surface area contributed by atoms with E-state index in [4.69, 9.17) is 11.5 Å². The molecular formula is C22H17F6IN4O4. The van der Waals surface area contributed by atoms with Gasteiger partial charge in [0.25, 0.3) is 0 Å². The first-order valence-corrected chi connectivity index (χ1v) is 10.8. The van der Waals surface area contributed by atoms with E-state index in [9.17, 15) is 35.9 Å². The summed E-state index contributed by atoms with van der Waals surface area (Å²) in [5.74, 6) is -1.59. The molecule has 0 atom stereocenters. The van der Waals surface area contributed by atoms with E-state index in [-0.39, 0.29) is 37.3 Å². The van der Waals surface area contributed by atoms with Crippen LogP contribution in [0.25, 0.3) is 11.3 Å². The number of esters is 2. The molecular weight excluding hydrogens is 625 g/mol. The molecule has 37 heavy (non-hydrogen) atoms. The van der Waals surface area contributed by atoms with Crippen molar-refractivity contribution in [3.63, 3.8) is 0 Å². The Balaban J connectivity index is 0.000000271. The number of hydrogen-bond donors (Lipinski definition) is 2. The number of carbonyl (C=O) groups is 2. The first-order valence-electron chi connectivity index (χ1n) is 9.71. The summed E-state index contributed by atoms with van der Waals surface area (Å²) in [6, 6.07) is 3.49. The number of ether oxygens (including phenoxy) is 2. The predicted molar refractivity (Wildman–Crippen MR) is 128 cm³/mol. The van der Waals surface area contributed by atoms with E-state index in [1.54, 1.807) is 0 Å². The Morgan fingerprint density at radius 3 is 1.73 bits per heavy atom. The maximum absolute atomic E-state index is 13.1. The molecule has 0 saturated carbocycles. The molecule has 1 heterocycles. The average Bonchev–Trinajstić information content (AvgIpc) is 2.83. The topological polar surface area (TPSA) is 130 Å². The van der Waals surface area contributed by atoms with Gasteiger partial charge in [-0.15, -0.1) is 0 Å². The van der Waals surface area contributed by atoms with Crippen molar-refractivity contribution < 1.29 is 45.4 Å². The molecule has 8 nitrogen and oxygen atoms in total. The number of rotatable bonds is 3. The second-order valence-corrected chi connectivity index (χ2v) is 8.14.